The molecule has 6 heteroatoms. The maximum Gasteiger partial charge on any atom is 0.223 e. The highest BCUT2D eigenvalue weighted by Gasteiger charge is 2.24. The number of rotatable bonds is 6. The fourth-order valence-electron chi connectivity index (χ4n) is 3.38. The first kappa shape index (κ1) is 17.2. The van der Waals surface area contributed by atoms with Gasteiger partial charge in [0.1, 0.15) is 0 Å². The second kappa shape index (κ2) is 9.10. The highest BCUT2D eigenvalue weighted by molar-refractivity contribution is 5.84. The first-order valence-electron chi connectivity index (χ1n) is 8.55. The molecule has 0 aromatic rings. The molecule has 3 N–H and O–H groups in total. The van der Waals surface area contributed by atoms with Crippen LogP contribution in [0.2, 0.25) is 0 Å². The minimum Gasteiger partial charge on any atom is -0.378 e. The summed E-state index contributed by atoms with van der Waals surface area (Å²) in [4.78, 5) is 25.9. The fourth-order valence-corrected chi connectivity index (χ4v) is 3.38. The monoisotopic (exact) mass is 311 g/mol. The van der Waals surface area contributed by atoms with Crippen molar-refractivity contribution < 1.29 is 14.3 Å². The van der Waals surface area contributed by atoms with Crippen LogP contribution < -0.4 is 11.1 Å². The molecule has 2 rings (SSSR count). The molecule has 22 heavy (non-hydrogen) atoms. The summed E-state index contributed by atoms with van der Waals surface area (Å²) in [5, 5.41) is 3.04. The van der Waals surface area contributed by atoms with Crippen LogP contribution in [0, 0.1) is 5.92 Å². The van der Waals surface area contributed by atoms with Gasteiger partial charge in [-0.05, 0) is 18.8 Å². The van der Waals surface area contributed by atoms with Crippen molar-refractivity contribution in [3.05, 3.63) is 0 Å². The van der Waals surface area contributed by atoms with Gasteiger partial charge in [0.15, 0.2) is 0 Å². The summed E-state index contributed by atoms with van der Waals surface area (Å²) in [6, 6.07) is 0.0614. The molecular formula is C16H29N3O3. The van der Waals surface area contributed by atoms with Crippen LogP contribution in [0.5, 0.6) is 0 Å². The predicted octanol–water partition coefficient (Wildman–Crippen LogP) is 0.649. The number of nitrogens with one attached hydrogen (secondary N) is 1. The third-order valence-corrected chi connectivity index (χ3v) is 4.75. The number of ether oxygens (including phenoxy) is 1. The van der Waals surface area contributed by atoms with Crippen LogP contribution in [-0.2, 0) is 14.3 Å². The molecule has 0 radical (unpaired) electrons. The van der Waals surface area contributed by atoms with Gasteiger partial charge in [-0.2, -0.15) is 0 Å². The number of hydrogen-bond acceptors (Lipinski definition) is 4. The molecule has 6 nitrogen and oxygen atoms in total. The quantitative estimate of drug-likeness (QED) is 0.754. The van der Waals surface area contributed by atoms with Gasteiger partial charge in [-0.25, -0.2) is 0 Å². The molecule has 2 amide bonds. The average molecular weight is 311 g/mol. The third-order valence-electron chi connectivity index (χ3n) is 4.75. The number of morpholine rings is 1. The standard InChI is InChI=1S/C16H29N3O3/c17-12-14(13-4-2-1-3-5-13)18-15(20)6-7-16(21)19-8-10-22-11-9-19/h13-14H,1-12,17H2,(H,18,20). The van der Waals surface area contributed by atoms with E-state index < -0.39 is 0 Å². The molecule has 2 aliphatic rings. The van der Waals surface area contributed by atoms with Crippen molar-refractivity contribution in [3.8, 4) is 0 Å². The Kier molecular flexibility index (Phi) is 7.12. The Labute approximate surface area is 132 Å². The van der Waals surface area contributed by atoms with Gasteiger partial charge < -0.3 is 20.7 Å². The Morgan fingerprint density at radius 3 is 2.45 bits per heavy atom. The number of carbonyl (C=O) groups excluding carboxylic acids is 2. The van der Waals surface area contributed by atoms with Gasteiger partial charge in [0.2, 0.25) is 11.8 Å². The van der Waals surface area contributed by atoms with Gasteiger partial charge >= 0.3 is 0 Å². The molecule has 1 saturated carbocycles. The molecule has 1 saturated heterocycles. The van der Waals surface area contributed by atoms with E-state index in [1.54, 1.807) is 4.90 Å². The normalized spacial score (nSPS) is 21.4. The van der Waals surface area contributed by atoms with Crippen LogP contribution in [0.3, 0.4) is 0 Å². The molecule has 1 heterocycles. The third kappa shape index (κ3) is 5.25. The highest BCUT2D eigenvalue weighted by atomic mass is 16.5. The summed E-state index contributed by atoms with van der Waals surface area (Å²) in [6.07, 6.45) is 6.56. The summed E-state index contributed by atoms with van der Waals surface area (Å²) in [7, 11) is 0. The van der Waals surface area contributed by atoms with E-state index >= 15 is 0 Å². The number of amides is 2. The molecule has 1 atom stereocenters. The van der Waals surface area contributed by atoms with Crippen molar-refractivity contribution in [2.24, 2.45) is 11.7 Å². The van der Waals surface area contributed by atoms with E-state index in [0.29, 0.717) is 38.8 Å². The average Bonchev–Trinajstić information content (AvgIpc) is 2.59. The van der Waals surface area contributed by atoms with Crippen molar-refractivity contribution in [3.63, 3.8) is 0 Å². The number of nitrogens with two attached hydrogens (primary N) is 1. The van der Waals surface area contributed by atoms with Gasteiger partial charge in [0.25, 0.3) is 0 Å². The van der Waals surface area contributed by atoms with E-state index in [1.165, 1.54) is 19.3 Å². The number of carbonyl (C=O) groups is 2. The zero-order chi connectivity index (χ0) is 15.8. The van der Waals surface area contributed by atoms with Gasteiger partial charge in [-0.1, -0.05) is 19.3 Å². The molecule has 0 aromatic heterocycles. The van der Waals surface area contributed by atoms with E-state index in [2.05, 4.69) is 5.32 Å². The van der Waals surface area contributed by atoms with Crippen molar-refractivity contribution in [2.45, 2.75) is 51.0 Å². The van der Waals surface area contributed by atoms with Crippen molar-refractivity contribution in [1.82, 2.24) is 10.2 Å². The van der Waals surface area contributed by atoms with Crippen LogP contribution in [-0.4, -0.2) is 55.6 Å². The molecule has 1 aliphatic heterocycles. The SMILES string of the molecule is NCC(NC(=O)CCC(=O)N1CCOCC1)C1CCCCC1. The van der Waals surface area contributed by atoms with E-state index in [4.69, 9.17) is 10.5 Å². The first-order chi connectivity index (χ1) is 10.7. The molecule has 0 bridgehead atoms. The Bertz CT molecular complexity index is 364. The molecule has 0 aromatic carbocycles. The predicted molar refractivity (Wildman–Crippen MR) is 84.2 cm³/mol. The zero-order valence-electron chi connectivity index (χ0n) is 13.4. The summed E-state index contributed by atoms with van der Waals surface area (Å²) in [5.74, 6) is 0.487. The van der Waals surface area contributed by atoms with Gasteiger partial charge in [-0.3, -0.25) is 9.59 Å². The lowest BCUT2D eigenvalue weighted by Gasteiger charge is -2.30. The Morgan fingerprint density at radius 1 is 1.14 bits per heavy atom. The van der Waals surface area contributed by atoms with E-state index in [9.17, 15) is 9.59 Å². The smallest absolute Gasteiger partial charge is 0.223 e. The fraction of sp³-hybridized carbons (Fsp3) is 0.875. The lowest BCUT2D eigenvalue weighted by Crippen LogP contribution is -2.46. The molecule has 0 spiro atoms. The summed E-state index contributed by atoms with van der Waals surface area (Å²) < 4.78 is 5.22. The van der Waals surface area contributed by atoms with Crippen LogP contribution in [0.1, 0.15) is 44.9 Å². The second-order valence-corrected chi connectivity index (χ2v) is 6.30. The summed E-state index contributed by atoms with van der Waals surface area (Å²) >= 11 is 0. The van der Waals surface area contributed by atoms with Gasteiger partial charge in [-0.15, -0.1) is 0 Å². The summed E-state index contributed by atoms with van der Waals surface area (Å²) in [5.41, 5.74) is 5.82. The molecule has 126 valence electrons. The highest BCUT2D eigenvalue weighted by Crippen LogP contribution is 2.26. The van der Waals surface area contributed by atoms with Crippen molar-refractivity contribution in [2.75, 3.05) is 32.8 Å². The Balaban J connectivity index is 1.70. The van der Waals surface area contributed by atoms with E-state index in [1.807, 2.05) is 0 Å². The van der Waals surface area contributed by atoms with Gasteiger partial charge in [0.05, 0.1) is 13.2 Å². The van der Waals surface area contributed by atoms with E-state index in [0.717, 1.165) is 12.8 Å². The minimum absolute atomic E-state index is 0.0421. The topological polar surface area (TPSA) is 84.7 Å². The van der Waals surface area contributed by atoms with Crippen molar-refractivity contribution >= 4 is 11.8 Å². The molecule has 1 aliphatic carbocycles. The largest absolute Gasteiger partial charge is 0.378 e. The number of hydrogen-bond donors (Lipinski definition) is 2. The first-order valence-corrected chi connectivity index (χ1v) is 8.55. The number of nitrogens with zero attached hydrogens (tertiary/aromatic N) is 1. The second-order valence-electron chi connectivity index (χ2n) is 6.30. The lowest BCUT2D eigenvalue weighted by molar-refractivity contribution is -0.137. The van der Waals surface area contributed by atoms with Crippen LogP contribution >= 0.6 is 0 Å². The minimum atomic E-state index is -0.0531. The van der Waals surface area contributed by atoms with Crippen LogP contribution in [0.25, 0.3) is 0 Å². The molecule has 1 unspecified atom stereocenters. The van der Waals surface area contributed by atoms with Crippen LogP contribution in [0.4, 0.5) is 0 Å². The lowest BCUT2D eigenvalue weighted by atomic mass is 9.84. The van der Waals surface area contributed by atoms with Crippen molar-refractivity contribution in [1.29, 1.82) is 0 Å². The Hall–Kier alpha value is -1.14. The Morgan fingerprint density at radius 2 is 1.82 bits per heavy atom. The maximum absolute atomic E-state index is 12.1. The van der Waals surface area contributed by atoms with Gasteiger partial charge in [0, 0.05) is 38.5 Å². The summed E-state index contributed by atoms with van der Waals surface area (Å²) in [6.45, 7) is 2.93. The van der Waals surface area contributed by atoms with Crippen LogP contribution in [0.15, 0.2) is 0 Å². The zero-order valence-corrected chi connectivity index (χ0v) is 13.4. The molecular weight excluding hydrogens is 282 g/mol. The molecule has 2 fully saturated rings. The van der Waals surface area contributed by atoms with E-state index in [-0.39, 0.29) is 30.7 Å². The maximum atomic E-state index is 12.1.